The van der Waals surface area contributed by atoms with Crippen LogP contribution in [0.1, 0.15) is 11.4 Å². The van der Waals surface area contributed by atoms with Crippen LogP contribution in [0, 0.1) is 0 Å². The first-order valence-electron chi connectivity index (χ1n) is 3.77. The minimum atomic E-state index is -4.59. The van der Waals surface area contributed by atoms with E-state index in [4.69, 9.17) is 5.11 Å². The van der Waals surface area contributed by atoms with Crippen molar-refractivity contribution >= 4 is 11.5 Å². The Balaban J connectivity index is 3.18. The highest BCUT2D eigenvalue weighted by atomic mass is 19.4. The van der Waals surface area contributed by atoms with Crippen molar-refractivity contribution < 1.29 is 23.1 Å². The number of carboxylic acids is 1. The quantitative estimate of drug-likeness (QED) is 0.769. The summed E-state index contributed by atoms with van der Waals surface area (Å²) in [5.74, 6) is -1.38. The molecule has 1 rings (SSSR count). The summed E-state index contributed by atoms with van der Waals surface area (Å²) < 4.78 is 37.4. The summed E-state index contributed by atoms with van der Waals surface area (Å²) in [6.07, 6.45) is -4.59. The van der Waals surface area contributed by atoms with Crippen molar-refractivity contribution in [3.63, 3.8) is 0 Å². The van der Waals surface area contributed by atoms with Gasteiger partial charge in [-0.3, -0.25) is 4.68 Å². The van der Waals surface area contributed by atoms with E-state index in [1.54, 1.807) is 0 Å². The van der Waals surface area contributed by atoms with Gasteiger partial charge in [0.2, 0.25) is 0 Å². The number of rotatable bonds is 2. The van der Waals surface area contributed by atoms with Crippen molar-refractivity contribution in [2.45, 2.75) is 6.18 Å². The number of carbonyl (C=O) groups is 1. The third-order valence-corrected chi connectivity index (χ3v) is 1.74. The maximum Gasteiger partial charge on any atom is 0.435 e. The van der Waals surface area contributed by atoms with Gasteiger partial charge in [-0.15, -0.1) is 0 Å². The summed E-state index contributed by atoms with van der Waals surface area (Å²) in [4.78, 5) is 10.5. The summed E-state index contributed by atoms with van der Waals surface area (Å²) in [6.45, 7) is 3.15. The van der Waals surface area contributed by atoms with Gasteiger partial charge in [0.1, 0.15) is 0 Å². The third kappa shape index (κ3) is 2.17. The molecule has 0 aliphatic carbocycles. The molecule has 0 radical (unpaired) electrons. The monoisotopic (exact) mass is 220 g/mol. The van der Waals surface area contributed by atoms with Gasteiger partial charge in [0.15, 0.2) is 5.69 Å². The van der Waals surface area contributed by atoms with Crippen molar-refractivity contribution in [3.05, 3.63) is 24.0 Å². The topological polar surface area (TPSA) is 55.1 Å². The molecule has 1 heterocycles. The van der Waals surface area contributed by atoms with E-state index in [0.717, 1.165) is 4.68 Å². The smallest absolute Gasteiger partial charge is 0.435 e. The van der Waals surface area contributed by atoms with Crippen molar-refractivity contribution in [1.29, 1.82) is 0 Å². The van der Waals surface area contributed by atoms with Crippen LogP contribution in [0.25, 0.3) is 5.57 Å². The van der Waals surface area contributed by atoms with Gasteiger partial charge in [0.25, 0.3) is 0 Å². The molecule has 0 saturated carbocycles. The zero-order valence-electron chi connectivity index (χ0n) is 7.67. The van der Waals surface area contributed by atoms with Gasteiger partial charge in [-0.05, 0) is 6.07 Å². The fourth-order valence-electron chi connectivity index (χ4n) is 0.998. The molecule has 0 atom stereocenters. The maximum atomic E-state index is 12.2. The number of hydrogen-bond donors (Lipinski definition) is 1. The second-order valence-corrected chi connectivity index (χ2v) is 2.82. The number of halogens is 3. The molecule has 0 aliphatic heterocycles. The number of aromatic nitrogens is 2. The van der Waals surface area contributed by atoms with Crippen LogP contribution in [0.4, 0.5) is 13.2 Å². The van der Waals surface area contributed by atoms with Crippen molar-refractivity contribution in [3.8, 4) is 0 Å². The normalized spacial score (nSPS) is 11.5. The lowest BCUT2D eigenvalue weighted by molar-refractivity contribution is -0.141. The highest BCUT2D eigenvalue weighted by Gasteiger charge is 2.35. The van der Waals surface area contributed by atoms with Gasteiger partial charge in [0, 0.05) is 7.05 Å². The predicted molar refractivity (Wildman–Crippen MR) is 44.9 cm³/mol. The van der Waals surface area contributed by atoms with Crippen molar-refractivity contribution in [2.75, 3.05) is 0 Å². The zero-order valence-corrected chi connectivity index (χ0v) is 7.67. The number of carboxylic acid groups (broad SMARTS) is 1. The summed E-state index contributed by atoms with van der Waals surface area (Å²) in [6, 6.07) is 0.649. The lowest BCUT2D eigenvalue weighted by Gasteiger charge is -1.99. The lowest BCUT2D eigenvalue weighted by atomic mass is 10.2. The van der Waals surface area contributed by atoms with E-state index in [9.17, 15) is 18.0 Å². The van der Waals surface area contributed by atoms with E-state index in [1.807, 2.05) is 0 Å². The van der Waals surface area contributed by atoms with Crippen LogP contribution < -0.4 is 0 Å². The Morgan fingerprint density at radius 3 is 2.47 bits per heavy atom. The van der Waals surface area contributed by atoms with Crippen LogP contribution in [0.15, 0.2) is 12.6 Å². The Labute approximate surface area is 82.6 Å². The second kappa shape index (κ2) is 3.41. The number of aryl methyl sites for hydroxylation is 1. The fourth-order valence-corrected chi connectivity index (χ4v) is 0.998. The first-order chi connectivity index (χ1) is 6.73. The molecule has 0 fully saturated rings. The molecule has 82 valence electrons. The fraction of sp³-hybridized carbons (Fsp3) is 0.250. The molecule has 0 bridgehead atoms. The molecule has 1 aromatic rings. The van der Waals surface area contributed by atoms with Crippen LogP contribution in [0.5, 0.6) is 0 Å². The molecular weight excluding hydrogens is 213 g/mol. The Kier molecular flexibility index (Phi) is 2.57. The molecule has 0 saturated heterocycles. The van der Waals surface area contributed by atoms with Crippen LogP contribution >= 0.6 is 0 Å². The summed E-state index contributed by atoms with van der Waals surface area (Å²) in [7, 11) is 1.22. The Morgan fingerprint density at radius 2 is 2.13 bits per heavy atom. The number of nitrogens with zero attached hydrogens (tertiary/aromatic N) is 2. The molecule has 0 amide bonds. The zero-order chi connectivity index (χ0) is 11.8. The van der Waals surface area contributed by atoms with Crippen LogP contribution in [0.2, 0.25) is 0 Å². The first kappa shape index (κ1) is 11.3. The number of alkyl halides is 3. The van der Waals surface area contributed by atoms with Crippen molar-refractivity contribution in [1.82, 2.24) is 9.78 Å². The minimum absolute atomic E-state index is 0.171. The summed E-state index contributed by atoms with van der Waals surface area (Å²) in [5, 5.41) is 11.7. The summed E-state index contributed by atoms with van der Waals surface area (Å²) >= 11 is 0. The van der Waals surface area contributed by atoms with Crippen LogP contribution in [0.3, 0.4) is 0 Å². The second-order valence-electron chi connectivity index (χ2n) is 2.82. The van der Waals surface area contributed by atoms with Gasteiger partial charge < -0.3 is 5.11 Å². The third-order valence-electron chi connectivity index (χ3n) is 1.74. The van der Waals surface area contributed by atoms with E-state index >= 15 is 0 Å². The average molecular weight is 220 g/mol. The molecular formula is C8H7F3N2O2. The van der Waals surface area contributed by atoms with Gasteiger partial charge >= 0.3 is 12.1 Å². The molecule has 0 aliphatic rings. The molecule has 1 N–H and O–H groups in total. The largest absolute Gasteiger partial charge is 0.478 e. The van der Waals surface area contributed by atoms with E-state index in [-0.39, 0.29) is 5.69 Å². The predicted octanol–water partition coefficient (Wildman–Crippen LogP) is 1.54. The van der Waals surface area contributed by atoms with Gasteiger partial charge in [-0.1, -0.05) is 6.58 Å². The Hall–Kier alpha value is -1.79. The maximum absolute atomic E-state index is 12.2. The van der Waals surface area contributed by atoms with Crippen molar-refractivity contribution in [2.24, 2.45) is 7.05 Å². The molecule has 4 nitrogen and oxygen atoms in total. The highest BCUT2D eigenvalue weighted by Crippen LogP contribution is 2.29. The Bertz CT molecular complexity index is 420. The molecule has 15 heavy (non-hydrogen) atoms. The Morgan fingerprint density at radius 1 is 1.60 bits per heavy atom. The highest BCUT2D eigenvalue weighted by molar-refractivity contribution is 6.13. The van der Waals surface area contributed by atoms with E-state index in [0.29, 0.717) is 6.07 Å². The number of hydrogen-bond acceptors (Lipinski definition) is 2. The molecule has 7 heteroatoms. The van der Waals surface area contributed by atoms with Gasteiger partial charge in [-0.2, -0.15) is 18.3 Å². The van der Waals surface area contributed by atoms with E-state index in [2.05, 4.69) is 11.7 Å². The first-order valence-corrected chi connectivity index (χ1v) is 3.77. The molecule has 1 aromatic heterocycles. The van der Waals surface area contributed by atoms with E-state index < -0.39 is 23.4 Å². The van der Waals surface area contributed by atoms with Gasteiger partial charge in [0.05, 0.1) is 11.3 Å². The van der Waals surface area contributed by atoms with E-state index in [1.165, 1.54) is 7.05 Å². The molecule has 0 spiro atoms. The van der Waals surface area contributed by atoms with Gasteiger partial charge in [-0.25, -0.2) is 4.79 Å². The standard InChI is InChI=1S/C8H7F3N2O2/c1-4(7(14)15)5-3-6(8(9,10)11)12-13(5)2/h3H,1H2,2H3,(H,14,15). The summed E-state index contributed by atoms with van der Waals surface area (Å²) in [5.41, 5.74) is -1.74. The minimum Gasteiger partial charge on any atom is -0.478 e. The molecule has 0 unspecified atom stereocenters. The lowest BCUT2D eigenvalue weighted by Crippen LogP contribution is -2.06. The average Bonchev–Trinajstić information content (AvgIpc) is 2.45. The van der Waals surface area contributed by atoms with Crippen LogP contribution in [-0.2, 0) is 18.0 Å². The van der Waals surface area contributed by atoms with Crippen LogP contribution in [-0.4, -0.2) is 20.9 Å². The number of aliphatic carboxylic acids is 1. The molecule has 0 aromatic carbocycles. The SMILES string of the molecule is C=C(C(=O)O)c1cc(C(F)(F)F)nn1C.